The first-order valence-electron chi connectivity index (χ1n) is 2.98. The highest BCUT2D eigenvalue weighted by molar-refractivity contribution is 7.80. The average molecular weight is 197 g/mol. The summed E-state index contributed by atoms with van der Waals surface area (Å²) >= 11 is 9.88. The second-order valence-electron chi connectivity index (χ2n) is 1.76. The molecule has 0 radical (unpaired) electrons. The van der Waals surface area contributed by atoms with Crippen LogP contribution in [-0.2, 0) is 9.63 Å². The van der Waals surface area contributed by atoms with Gasteiger partial charge in [0.05, 0.1) is 0 Å². The third-order valence-electron chi connectivity index (χ3n) is 0.866. The van der Waals surface area contributed by atoms with Crippen LogP contribution in [-0.4, -0.2) is 16.5 Å². The Hall–Kier alpha value is -0.550. The maximum Gasteiger partial charge on any atom is 0.349 e. The predicted molar refractivity (Wildman–Crippen MR) is 45.9 cm³/mol. The standard InChI is InChI=1S/C5H9ClN2O2S/c1-2-3(6)4(9)10-8-5(7)11/h3H,2H2,1H3,(H3,7,8,11). The molecule has 1 atom stereocenters. The highest BCUT2D eigenvalue weighted by Gasteiger charge is 2.14. The van der Waals surface area contributed by atoms with E-state index in [4.69, 9.17) is 17.3 Å². The van der Waals surface area contributed by atoms with Crippen LogP contribution in [0.2, 0.25) is 0 Å². The fourth-order valence-electron chi connectivity index (χ4n) is 0.331. The van der Waals surface area contributed by atoms with E-state index < -0.39 is 11.3 Å². The number of alkyl halides is 1. The zero-order valence-corrected chi connectivity index (χ0v) is 7.54. The van der Waals surface area contributed by atoms with Gasteiger partial charge in [-0.2, -0.15) is 5.48 Å². The molecule has 11 heavy (non-hydrogen) atoms. The molecule has 0 aliphatic heterocycles. The molecule has 0 spiro atoms. The summed E-state index contributed by atoms with van der Waals surface area (Å²) in [5.74, 6) is -0.582. The van der Waals surface area contributed by atoms with Crippen molar-refractivity contribution in [2.24, 2.45) is 5.73 Å². The molecular formula is C5H9ClN2O2S. The minimum atomic E-state index is -0.656. The maximum atomic E-state index is 10.7. The van der Waals surface area contributed by atoms with Crippen LogP contribution >= 0.6 is 23.8 Å². The molecular weight excluding hydrogens is 188 g/mol. The lowest BCUT2D eigenvalue weighted by Crippen LogP contribution is -2.34. The highest BCUT2D eigenvalue weighted by atomic mass is 35.5. The largest absolute Gasteiger partial charge is 0.374 e. The Labute approximate surface area is 75.0 Å². The van der Waals surface area contributed by atoms with Crippen molar-refractivity contribution in [1.29, 1.82) is 0 Å². The lowest BCUT2D eigenvalue weighted by molar-refractivity contribution is -0.147. The summed E-state index contributed by atoms with van der Waals surface area (Å²) in [6, 6.07) is 0. The van der Waals surface area contributed by atoms with E-state index >= 15 is 0 Å². The molecule has 0 rings (SSSR count). The van der Waals surface area contributed by atoms with Crippen molar-refractivity contribution in [1.82, 2.24) is 5.48 Å². The molecule has 0 fully saturated rings. The van der Waals surface area contributed by atoms with Crippen LogP contribution < -0.4 is 11.2 Å². The van der Waals surface area contributed by atoms with Gasteiger partial charge in [-0.05, 0) is 18.6 Å². The summed E-state index contributed by atoms with van der Waals surface area (Å²) < 4.78 is 0. The molecule has 3 N–H and O–H groups in total. The molecule has 1 unspecified atom stereocenters. The van der Waals surface area contributed by atoms with Gasteiger partial charge in [0.25, 0.3) is 0 Å². The number of nitrogens with two attached hydrogens (primary N) is 1. The number of nitrogens with one attached hydrogen (secondary N) is 1. The van der Waals surface area contributed by atoms with Gasteiger partial charge in [-0.1, -0.05) is 6.92 Å². The van der Waals surface area contributed by atoms with Crippen molar-refractivity contribution in [3.63, 3.8) is 0 Å². The molecule has 0 aromatic carbocycles. The number of carbonyl (C=O) groups is 1. The summed E-state index contributed by atoms with van der Waals surface area (Å²) in [6.45, 7) is 1.76. The number of thiocarbonyl (C=S) groups is 1. The Bertz CT molecular complexity index is 165. The first kappa shape index (κ1) is 10.4. The summed E-state index contributed by atoms with van der Waals surface area (Å²) in [4.78, 5) is 15.1. The lowest BCUT2D eigenvalue weighted by Gasteiger charge is -2.06. The smallest absolute Gasteiger partial charge is 0.349 e. The molecule has 0 aliphatic rings. The molecule has 0 saturated heterocycles. The topological polar surface area (TPSA) is 64.3 Å². The number of carbonyl (C=O) groups excluding carboxylic acids is 1. The Balaban J connectivity index is 3.60. The van der Waals surface area contributed by atoms with Gasteiger partial charge >= 0.3 is 5.97 Å². The predicted octanol–water partition coefficient (Wildman–Crippen LogP) is 0.295. The van der Waals surface area contributed by atoms with Gasteiger partial charge in [-0.15, -0.1) is 11.6 Å². The van der Waals surface area contributed by atoms with E-state index in [-0.39, 0.29) is 5.11 Å². The minimum absolute atomic E-state index is 0.0988. The monoisotopic (exact) mass is 196 g/mol. The average Bonchev–Trinajstić information content (AvgIpc) is 1.98. The third kappa shape index (κ3) is 4.80. The van der Waals surface area contributed by atoms with Crippen LogP contribution in [0.25, 0.3) is 0 Å². The van der Waals surface area contributed by atoms with Gasteiger partial charge in [-0.3, -0.25) is 0 Å². The molecule has 0 amide bonds. The van der Waals surface area contributed by atoms with Crippen molar-refractivity contribution in [3.8, 4) is 0 Å². The number of hydroxylamine groups is 1. The van der Waals surface area contributed by atoms with Crippen LogP contribution in [0.1, 0.15) is 13.3 Å². The van der Waals surface area contributed by atoms with E-state index in [2.05, 4.69) is 17.1 Å². The number of hydrogen-bond donors (Lipinski definition) is 2. The molecule has 0 bridgehead atoms. The van der Waals surface area contributed by atoms with Crippen LogP contribution in [0, 0.1) is 0 Å². The number of halogens is 1. The van der Waals surface area contributed by atoms with Crippen molar-refractivity contribution >= 4 is 34.9 Å². The van der Waals surface area contributed by atoms with E-state index in [0.29, 0.717) is 6.42 Å². The van der Waals surface area contributed by atoms with Crippen molar-refractivity contribution in [2.45, 2.75) is 18.7 Å². The quantitative estimate of drug-likeness (QED) is 0.378. The van der Waals surface area contributed by atoms with E-state index in [0.717, 1.165) is 0 Å². The fraction of sp³-hybridized carbons (Fsp3) is 0.600. The molecule has 6 heteroatoms. The SMILES string of the molecule is CCC(Cl)C(=O)ONC(N)=S. The Morgan fingerprint density at radius 1 is 1.91 bits per heavy atom. The number of rotatable bonds is 2. The highest BCUT2D eigenvalue weighted by Crippen LogP contribution is 2.01. The first-order valence-corrected chi connectivity index (χ1v) is 3.82. The normalized spacial score (nSPS) is 11.8. The third-order valence-corrected chi connectivity index (χ3v) is 1.44. The minimum Gasteiger partial charge on any atom is -0.374 e. The van der Waals surface area contributed by atoms with Crippen molar-refractivity contribution in [3.05, 3.63) is 0 Å². The molecule has 0 aromatic rings. The fourth-order valence-corrected chi connectivity index (χ4v) is 0.417. The maximum absolute atomic E-state index is 10.7. The lowest BCUT2D eigenvalue weighted by atomic mass is 10.3. The van der Waals surface area contributed by atoms with Gasteiger partial charge in [-0.25, -0.2) is 4.79 Å². The molecule has 0 aromatic heterocycles. The Morgan fingerprint density at radius 2 is 2.45 bits per heavy atom. The van der Waals surface area contributed by atoms with E-state index in [9.17, 15) is 4.79 Å². The van der Waals surface area contributed by atoms with Crippen LogP contribution in [0.15, 0.2) is 0 Å². The molecule has 0 heterocycles. The summed E-state index contributed by atoms with van der Waals surface area (Å²) in [7, 11) is 0. The van der Waals surface area contributed by atoms with Gasteiger partial charge in [0.2, 0.25) is 0 Å². The summed E-state index contributed by atoms with van der Waals surface area (Å²) in [5, 5.41) is -0.754. The molecule has 0 aliphatic carbocycles. The first-order chi connectivity index (χ1) is 5.07. The van der Waals surface area contributed by atoms with Crippen molar-refractivity contribution < 1.29 is 9.63 Å². The number of hydrogen-bond acceptors (Lipinski definition) is 3. The Kier molecular flexibility index (Phi) is 4.89. The summed E-state index contributed by atoms with van der Waals surface area (Å²) in [5.41, 5.74) is 7.02. The molecule has 4 nitrogen and oxygen atoms in total. The Morgan fingerprint density at radius 3 is 2.82 bits per heavy atom. The summed E-state index contributed by atoms with van der Waals surface area (Å²) in [6.07, 6.45) is 0.499. The zero-order valence-electron chi connectivity index (χ0n) is 5.96. The van der Waals surface area contributed by atoms with Gasteiger partial charge < -0.3 is 10.6 Å². The van der Waals surface area contributed by atoms with Gasteiger partial charge in [0, 0.05) is 0 Å². The molecule has 0 saturated carbocycles. The second-order valence-corrected chi connectivity index (χ2v) is 2.73. The van der Waals surface area contributed by atoms with E-state index in [1.807, 2.05) is 5.48 Å². The van der Waals surface area contributed by atoms with Crippen LogP contribution in [0.5, 0.6) is 0 Å². The second kappa shape index (κ2) is 5.15. The van der Waals surface area contributed by atoms with Crippen LogP contribution in [0.4, 0.5) is 0 Å². The van der Waals surface area contributed by atoms with Gasteiger partial charge in [0.15, 0.2) is 5.11 Å². The van der Waals surface area contributed by atoms with Gasteiger partial charge in [0.1, 0.15) is 5.38 Å². The molecule has 64 valence electrons. The van der Waals surface area contributed by atoms with E-state index in [1.165, 1.54) is 0 Å². The van der Waals surface area contributed by atoms with Crippen molar-refractivity contribution in [2.75, 3.05) is 0 Å². The van der Waals surface area contributed by atoms with Crippen LogP contribution in [0.3, 0.4) is 0 Å². The van der Waals surface area contributed by atoms with E-state index in [1.54, 1.807) is 6.92 Å². The zero-order chi connectivity index (χ0) is 8.85.